The molecule has 8 heteroatoms. The van der Waals surface area contributed by atoms with E-state index in [1.165, 1.54) is 25.0 Å². The Kier molecular flexibility index (Phi) is 11.4. The molecule has 0 atom stereocenters. The van der Waals surface area contributed by atoms with E-state index in [0.717, 1.165) is 36.4 Å². The summed E-state index contributed by atoms with van der Waals surface area (Å²) in [6.45, 7) is 4.11. The van der Waals surface area contributed by atoms with Gasteiger partial charge in [-0.05, 0) is 41.8 Å². The van der Waals surface area contributed by atoms with E-state index < -0.39 is 0 Å². The number of hydrogen-bond acceptors (Lipinski definition) is 2. The summed E-state index contributed by atoms with van der Waals surface area (Å²) in [7, 11) is 4.05. The molecule has 0 bridgehead atoms. The smallest absolute Gasteiger partial charge is 0.222 e. The minimum absolute atomic E-state index is 0. The number of halogens is 2. The number of nitrogens with zero attached hydrogens (tertiary/aromatic N) is 3. The van der Waals surface area contributed by atoms with Crippen LogP contribution in [0.15, 0.2) is 21.7 Å². The van der Waals surface area contributed by atoms with E-state index in [1.807, 2.05) is 20.3 Å². The molecule has 1 aromatic rings. The van der Waals surface area contributed by atoms with Gasteiger partial charge in [-0.1, -0.05) is 19.3 Å². The molecule has 2 N–H and O–H groups in total. The number of aromatic nitrogens is 1. The van der Waals surface area contributed by atoms with Crippen LogP contribution in [0.3, 0.4) is 0 Å². The summed E-state index contributed by atoms with van der Waals surface area (Å²) in [5, 5.41) is 6.46. The third-order valence-corrected chi connectivity index (χ3v) is 5.17. The Balaban J connectivity index is 0.00000364. The monoisotopic (exact) mass is 553 g/mol. The second-order valence-corrected chi connectivity index (χ2v) is 7.92. The number of aryl methyl sites for hydroxylation is 1. The van der Waals surface area contributed by atoms with E-state index in [4.69, 9.17) is 0 Å². The molecule has 0 spiro atoms. The molecule has 1 amide bonds. The second-order valence-electron chi connectivity index (χ2n) is 7.00. The molecule has 0 aliphatic heterocycles. The first-order valence-corrected chi connectivity index (χ1v) is 10.4. The van der Waals surface area contributed by atoms with Gasteiger partial charge in [0, 0.05) is 49.5 Å². The summed E-state index contributed by atoms with van der Waals surface area (Å²) < 4.78 is 3.17. The van der Waals surface area contributed by atoms with Crippen LogP contribution in [0.4, 0.5) is 0 Å². The highest BCUT2D eigenvalue weighted by molar-refractivity contribution is 14.0. The lowest BCUT2D eigenvalue weighted by molar-refractivity contribution is -0.121. The van der Waals surface area contributed by atoms with Crippen molar-refractivity contribution >= 4 is 51.8 Å². The standard InChI is InChI=1S/C19H32BrN5O.HI/c1-4-21-19(25(3)14-17-12-15(20)13-24(17)2)22-11-10-18(26)23-16-8-6-5-7-9-16;/h12-13,16H,4-11,14H2,1-3H3,(H,21,22)(H,23,26);1H. The van der Waals surface area contributed by atoms with E-state index in [2.05, 4.69) is 54.0 Å². The van der Waals surface area contributed by atoms with Gasteiger partial charge < -0.3 is 20.1 Å². The molecule has 1 saturated carbocycles. The third kappa shape index (κ3) is 8.41. The average Bonchev–Trinajstić information content (AvgIpc) is 2.92. The van der Waals surface area contributed by atoms with E-state index in [1.54, 1.807) is 0 Å². The first-order valence-electron chi connectivity index (χ1n) is 9.59. The van der Waals surface area contributed by atoms with E-state index in [-0.39, 0.29) is 29.9 Å². The highest BCUT2D eigenvalue weighted by Gasteiger charge is 2.15. The molecule has 1 aromatic heterocycles. The predicted octanol–water partition coefficient (Wildman–Crippen LogP) is 3.64. The zero-order chi connectivity index (χ0) is 18.9. The van der Waals surface area contributed by atoms with Gasteiger partial charge in [-0.15, -0.1) is 24.0 Å². The Morgan fingerprint density at radius 3 is 2.67 bits per heavy atom. The van der Waals surface area contributed by atoms with Crippen LogP contribution in [0, 0.1) is 0 Å². The normalized spacial score (nSPS) is 15.2. The molecule has 0 aromatic carbocycles. The first kappa shape index (κ1) is 24.3. The molecule has 154 valence electrons. The van der Waals surface area contributed by atoms with Crippen LogP contribution in [0.25, 0.3) is 0 Å². The van der Waals surface area contributed by atoms with Crippen LogP contribution in [0.2, 0.25) is 0 Å². The van der Waals surface area contributed by atoms with E-state index in [0.29, 0.717) is 19.0 Å². The van der Waals surface area contributed by atoms with Crippen LogP contribution >= 0.6 is 39.9 Å². The van der Waals surface area contributed by atoms with Crippen molar-refractivity contribution in [1.29, 1.82) is 0 Å². The van der Waals surface area contributed by atoms with Gasteiger partial charge >= 0.3 is 0 Å². The summed E-state index contributed by atoms with van der Waals surface area (Å²) in [5.41, 5.74) is 1.19. The average molecular weight is 554 g/mol. The lowest BCUT2D eigenvalue weighted by Crippen LogP contribution is -2.39. The number of rotatable bonds is 7. The zero-order valence-corrected chi connectivity index (χ0v) is 20.5. The molecule has 0 unspecified atom stereocenters. The van der Waals surface area contributed by atoms with Gasteiger partial charge in [0.2, 0.25) is 5.91 Å². The Labute approximate surface area is 188 Å². The van der Waals surface area contributed by atoms with Crippen molar-refractivity contribution in [2.75, 3.05) is 20.1 Å². The van der Waals surface area contributed by atoms with Crippen molar-refractivity contribution in [3.05, 3.63) is 22.4 Å². The predicted molar refractivity (Wildman–Crippen MR) is 126 cm³/mol. The quantitative estimate of drug-likeness (QED) is 0.308. The molecule has 1 heterocycles. The molecular formula is C19H33BrIN5O. The largest absolute Gasteiger partial charge is 0.357 e. The van der Waals surface area contributed by atoms with Gasteiger partial charge in [0.1, 0.15) is 0 Å². The number of guanidine groups is 1. The number of carbonyl (C=O) groups excluding carboxylic acids is 1. The lowest BCUT2D eigenvalue weighted by atomic mass is 9.95. The van der Waals surface area contributed by atoms with Crippen LogP contribution < -0.4 is 10.6 Å². The summed E-state index contributed by atoms with van der Waals surface area (Å²) in [5.74, 6) is 0.945. The first-order chi connectivity index (χ1) is 12.5. The molecule has 0 saturated heterocycles. The maximum Gasteiger partial charge on any atom is 0.222 e. The van der Waals surface area contributed by atoms with Gasteiger partial charge in [-0.25, -0.2) is 0 Å². The highest BCUT2D eigenvalue weighted by atomic mass is 127. The van der Waals surface area contributed by atoms with Gasteiger partial charge in [-0.3, -0.25) is 9.79 Å². The van der Waals surface area contributed by atoms with Crippen molar-refractivity contribution in [3.8, 4) is 0 Å². The lowest BCUT2D eigenvalue weighted by Gasteiger charge is -2.23. The number of carbonyl (C=O) groups is 1. The van der Waals surface area contributed by atoms with Crippen LogP contribution in [0.1, 0.15) is 51.1 Å². The Hall–Kier alpha value is -0.770. The van der Waals surface area contributed by atoms with Gasteiger partial charge in [0.15, 0.2) is 5.96 Å². The topological polar surface area (TPSA) is 61.7 Å². The fourth-order valence-corrected chi connectivity index (χ4v) is 3.89. The Morgan fingerprint density at radius 1 is 1.37 bits per heavy atom. The molecule has 1 aliphatic carbocycles. The van der Waals surface area contributed by atoms with Crippen LogP contribution in [0.5, 0.6) is 0 Å². The Morgan fingerprint density at radius 2 is 2.07 bits per heavy atom. The number of amides is 1. The summed E-state index contributed by atoms with van der Waals surface area (Å²) in [6.07, 6.45) is 8.48. The highest BCUT2D eigenvalue weighted by Crippen LogP contribution is 2.17. The van der Waals surface area contributed by atoms with Gasteiger partial charge in [-0.2, -0.15) is 0 Å². The van der Waals surface area contributed by atoms with Crippen LogP contribution in [-0.2, 0) is 18.4 Å². The van der Waals surface area contributed by atoms with Crippen molar-refractivity contribution in [2.24, 2.45) is 12.0 Å². The molecular weight excluding hydrogens is 521 g/mol. The minimum atomic E-state index is 0. The minimum Gasteiger partial charge on any atom is -0.357 e. The van der Waals surface area contributed by atoms with E-state index in [9.17, 15) is 4.79 Å². The SMILES string of the molecule is CCNC(=NCCC(=O)NC1CCCCC1)N(C)Cc1cc(Br)cn1C.I. The fraction of sp³-hybridized carbons (Fsp3) is 0.684. The number of aliphatic imine (C=N–C) groups is 1. The maximum absolute atomic E-state index is 12.1. The van der Waals surface area contributed by atoms with Gasteiger partial charge in [0.05, 0.1) is 13.1 Å². The number of nitrogens with one attached hydrogen (secondary N) is 2. The second kappa shape index (κ2) is 12.6. The molecule has 1 fully saturated rings. The summed E-state index contributed by atoms with van der Waals surface area (Å²) in [6, 6.07) is 2.48. The van der Waals surface area contributed by atoms with E-state index >= 15 is 0 Å². The molecule has 27 heavy (non-hydrogen) atoms. The third-order valence-electron chi connectivity index (χ3n) is 4.74. The molecule has 1 aliphatic rings. The van der Waals surface area contributed by atoms with Crippen LogP contribution in [-0.4, -0.2) is 47.5 Å². The summed E-state index contributed by atoms with van der Waals surface area (Å²) >= 11 is 3.51. The van der Waals surface area contributed by atoms with Crippen molar-refractivity contribution in [1.82, 2.24) is 20.1 Å². The molecule has 6 nitrogen and oxygen atoms in total. The Bertz CT molecular complexity index is 613. The van der Waals surface area contributed by atoms with Crippen molar-refractivity contribution in [2.45, 2.75) is 58.0 Å². The fourth-order valence-electron chi connectivity index (χ4n) is 3.32. The van der Waals surface area contributed by atoms with Crippen molar-refractivity contribution in [3.63, 3.8) is 0 Å². The zero-order valence-electron chi connectivity index (χ0n) is 16.6. The maximum atomic E-state index is 12.1. The number of hydrogen-bond donors (Lipinski definition) is 2. The van der Waals surface area contributed by atoms with Gasteiger partial charge in [0.25, 0.3) is 0 Å². The summed E-state index contributed by atoms with van der Waals surface area (Å²) in [4.78, 5) is 18.9. The van der Waals surface area contributed by atoms with Crippen molar-refractivity contribution < 1.29 is 4.79 Å². The molecule has 2 rings (SSSR count). The molecule has 0 radical (unpaired) electrons.